The van der Waals surface area contributed by atoms with Crippen molar-refractivity contribution in [1.82, 2.24) is 0 Å². The van der Waals surface area contributed by atoms with Crippen LogP contribution in [0, 0.1) is 0 Å². The van der Waals surface area contributed by atoms with Crippen LogP contribution in [0.2, 0.25) is 0 Å². The van der Waals surface area contributed by atoms with Gasteiger partial charge in [-0.25, -0.2) is 4.79 Å². The Hall–Kier alpha value is -2.00. The van der Waals surface area contributed by atoms with Crippen LogP contribution in [0.1, 0.15) is 24.5 Å². The maximum absolute atomic E-state index is 9.53. The highest BCUT2D eigenvalue weighted by Gasteiger charge is 2.30. The van der Waals surface area contributed by atoms with Crippen LogP contribution in [0.25, 0.3) is 0 Å². The van der Waals surface area contributed by atoms with Gasteiger partial charge in [-0.2, -0.15) is 22.7 Å². The van der Waals surface area contributed by atoms with Gasteiger partial charge < -0.3 is 24.6 Å². The number of aliphatic carboxylic acids is 2. The molecule has 0 radical (unpaired) electrons. The molecule has 148 valence electrons. The Morgan fingerprint density at radius 1 is 1.19 bits per heavy atom. The van der Waals surface area contributed by atoms with Gasteiger partial charge in [0.1, 0.15) is 5.60 Å². The Morgan fingerprint density at radius 3 is 2.07 bits per heavy atom. The Morgan fingerprint density at radius 2 is 1.74 bits per heavy atom. The number of quaternary nitrogens is 1. The molecule has 0 saturated heterocycles. The lowest BCUT2D eigenvalue weighted by Gasteiger charge is -2.29. The molecule has 0 aliphatic carbocycles. The lowest BCUT2D eigenvalue weighted by Crippen LogP contribution is -3.05. The predicted molar refractivity (Wildman–Crippen MR) is 105 cm³/mol. The quantitative estimate of drug-likeness (QED) is 0.475. The zero-order valence-electron chi connectivity index (χ0n) is 15.6. The molecule has 2 aromatic rings. The summed E-state index contributed by atoms with van der Waals surface area (Å²) in [5.41, 5.74) is 2.21. The van der Waals surface area contributed by atoms with Crippen molar-refractivity contribution in [3.8, 4) is 0 Å². The van der Waals surface area contributed by atoms with Gasteiger partial charge in [0.25, 0.3) is 0 Å². The summed E-state index contributed by atoms with van der Waals surface area (Å²) < 4.78 is 6.27. The van der Waals surface area contributed by atoms with Crippen molar-refractivity contribution in [3.05, 3.63) is 56.9 Å². The average molecular weight is 412 g/mol. The number of hydrogen-bond acceptors (Lipinski definition) is 6. The van der Waals surface area contributed by atoms with E-state index >= 15 is 0 Å². The summed E-state index contributed by atoms with van der Waals surface area (Å²) in [4.78, 5) is 20.4. The molecule has 2 aromatic heterocycles. The number of ether oxygens (including phenoxy) is 1. The zero-order valence-corrected chi connectivity index (χ0v) is 17.3. The highest BCUT2D eigenvalue weighted by Crippen LogP contribution is 2.35. The number of carboxylic acid groups (broad SMARTS) is 2. The Bertz CT molecular complexity index is 658. The molecule has 0 aliphatic rings. The molecule has 0 aromatic carbocycles. The third-order valence-corrected chi connectivity index (χ3v) is 5.08. The minimum absolute atomic E-state index is 0.304. The molecule has 2 N–H and O–H groups in total. The normalized spacial score (nSPS) is 11.4. The molecule has 6 nitrogen and oxygen atoms in total. The number of carbonyl (C=O) groups excluding carboxylic acids is 1. The maximum atomic E-state index is 9.53. The molecule has 8 heteroatoms. The zero-order chi connectivity index (χ0) is 20.3. The van der Waals surface area contributed by atoms with E-state index in [4.69, 9.17) is 9.84 Å². The third kappa shape index (κ3) is 8.49. The maximum Gasteiger partial charge on any atom is 0.328 e. The van der Waals surface area contributed by atoms with Crippen LogP contribution in [0.5, 0.6) is 0 Å². The van der Waals surface area contributed by atoms with Crippen LogP contribution in [-0.2, 0) is 19.9 Å². The van der Waals surface area contributed by atoms with Gasteiger partial charge in [0.15, 0.2) is 0 Å². The molecule has 0 saturated carbocycles. The van der Waals surface area contributed by atoms with Gasteiger partial charge >= 0.3 is 5.97 Å². The minimum Gasteiger partial charge on any atom is -0.545 e. The van der Waals surface area contributed by atoms with Crippen LogP contribution in [0.15, 0.2) is 45.8 Å². The van der Waals surface area contributed by atoms with Gasteiger partial charge in [-0.1, -0.05) is 0 Å². The molecular formula is C19H25NO5S2. The van der Waals surface area contributed by atoms with Gasteiger partial charge in [0, 0.05) is 12.5 Å². The number of hydrogen-bond donors (Lipinski definition) is 2. The predicted octanol–water partition coefficient (Wildman–Crippen LogP) is 1.00. The minimum atomic E-state index is -1.51. The van der Waals surface area contributed by atoms with E-state index in [1.54, 1.807) is 22.7 Å². The number of thiophene rings is 2. The van der Waals surface area contributed by atoms with E-state index in [9.17, 15) is 14.7 Å². The van der Waals surface area contributed by atoms with Gasteiger partial charge in [0.05, 0.1) is 33.2 Å². The fourth-order valence-corrected chi connectivity index (χ4v) is 3.75. The van der Waals surface area contributed by atoms with E-state index in [0.29, 0.717) is 12.2 Å². The van der Waals surface area contributed by atoms with Crippen molar-refractivity contribution in [3.63, 3.8) is 0 Å². The highest BCUT2D eigenvalue weighted by atomic mass is 32.1. The number of carboxylic acids is 2. The van der Waals surface area contributed by atoms with E-state index < -0.39 is 11.9 Å². The fraction of sp³-hybridized carbons (Fsp3) is 0.368. The smallest absolute Gasteiger partial charge is 0.328 e. The summed E-state index contributed by atoms with van der Waals surface area (Å²) in [6.45, 7) is 4.12. The van der Waals surface area contributed by atoms with Crippen molar-refractivity contribution in [2.24, 2.45) is 0 Å². The van der Waals surface area contributed by atoms with E-state index in [-0.39, 0.29) is 5.60 Å². The first-order valence-electron chi connectivity index (χ1n) is 8.36. The first-order chi connectivity index (χ1) is 12.8. The molecule has 0 aliphatic heterocycles. The first kappa shape index (κ1) is 23.0. The van der Waals surface area contributed by atoms with Crippen molar-refractivity contribution < 1.29 is 29.4 Å². The molecule has 0 amide bonds. The number of rotatable bonds is 9. The van der Waals surface area contributed by atoms with Gasteiger partial charge in [-0.3, -0.25) is 0 Å². The SMILES string of the molecule is C[NH+](C)CCCOC(C)(c1ccsc1)c1ccsc1.O=C([O-])/C=C/C(=O)O. The standard InChI is InChI=1S/C15H21NOS2.C4H4O4/c1-15(13-5-9-18-11-13,14-6-10-19-12-14)17-8-4-7-16(2)3;5-3(6)1-2-4(7)8/h5-6,9-12H,4,7-8H2,1-3H3;1-2H,(H,5,6)(H,7,8)/b;2-1+. The molecule has 0 spiro atoms. The molecular weight excluding hydrogens is 386 g/mol. The molecule has 0 atom stereocenters. The summed E-state index contributed by atoms with van der Waals surface area (Å²) in [5, 5.41) is 25.8. The van der Waals surface area contributed by atoms with Crippen molar-refractivity contribution in [2.75, 3.05) is 27.2 Å². The van der Waals surface area contributed by atoms with E-state index in [2.05, 4.69) is 54.7 Å². The van der Waals surface area contributed by atoms with E-state index in [0.717, 1.165) is 19.6 Å². The van der Waals surface area contributed by atoms with Gasteiger partial charge in [-0.15, -0.1) is 0 Å². The van der Waals surface area contributed by atoms with Crippen LogP contribution < -0.4 is 10.0 Å². The lowest BCUT2D eigenvalue weighted by atomic mass is 9.92. The largest absolute Gasteiger partial charge is 0.545 e. The van der Waals surface area contributed by atoms with Gasteiger partial charge in [-0.05, 0) is 57.8 Å². The van der Waals surface area contributed by atoms with Crippen molar-refractivity contribution in [1.29, 1.82) is 0 Å². The summed E-state index contributed by atoms with van der Waals surface area (Å²) in [6.07, 6.45) is 2.03. The summed E-state index contributed by atoms with van der Waals surface area (Å²) >= 11 is 3.45. The van der Waals surface area contributed by atoms with Crippen molar-refractivity contribution in [2.45, 2.75) is 18.9 Å². The Labute approximate surface area is 167 Å². The van der Waals surface area contributed by atoms with Gasteiger partial charge in [0.2, 0.25) is 0 Å². The monoisotopic (exact) mass is 411 g/mol. The third-order valence-electron chi connectivity index (χ3n) is 3.72. The van der Waals surface area contributed by atoms with Crippen LogP contribution in [-0.4, -0.2) is 44.3 Å². The summed E-state index contributed by atoms with van der Waals surface area (Å²) in [6, 6.07) is 4.33. The number of nitrogens with one attached hydrogen (secondary N) is 1. The first-order valence-corrected chi connectivity index (χ1v) is 10.2. The van der Waals surface area contributed by atoms with E-state index in [1.807, 2.05) is 0 Å². The molecule has 0 fully saturated rings. The second-order valence-corrected chi connectivity index (χ2v) is 7.77. The van der Waals surface area contributed by atoms with Crippen molar-refractivity contribution >= 4 is 34.6 Å². The van der Waals surface area contributed by atoms with E-state index in [1.165, 1.54) is 16.0 Å². The Kier molecular flexibility index (Phi) is 9.95. The second-order valence-electron chi connectivity index (χ2n) is 6.21. The highest BCUT2D eigenvalue weighted by molar-refractivity contribution is 7.08. The second kappa shape index (κ2) is 11.7. The average Bonchev–Trinajstić information content (AvgIpc) is 3.31. The number of carbonyl (C=O) groups is 2. The van der Waals surface area contributed by atoms with Crippen LogP contribution in [0.4, 0.5) is 0 Å². The molecule has 2 rings (SSSR count). The molecule has 0 bridgehead atoms. The molecule has 2 heterocycles. The van der Waals surface area contributed by atoms with Crippen LogP contribution in [0.3, 0.4) is 0 Å². The molecule has 27 heavy (non-hydrogen) atoms. The fourth-order valence-electron chi connectivity index (χ4n) is 2.25. The van der Waals surface area contributed by atoms with Crippen LogP contribution >= 0.6 is 22.7 Å². The lowest BCUT2D eigenvalue weighted by molar-refractivity contribution is -0.858. The summed E-state index contributed by atoms with van der Waals surface area (Å²) in [7, 11) is 4.36. The topological polar surface area (TPSA) is 91.1 Å². The summed E-state index contributed by atoms with van der Waals surface area (Å²) in [5.74, 6) is -2.80. The molecule has 0 unspecified atom stereocenters. The Balaban J connectivity index is 0.000000387.